The summed E-state index contributed by atoms with van der Waals surface area (Å²) in [5, 5.41) is 1.95. The minimum Gasteiger partial charge on any atom is -0.371 e. The van der Waals surface area contributed by atoms with Gasteiger partial charge in [0.25, 0.3) is 5.91 Å². The van der Waals surface area contributed by atoms with Gasteiger partial charge in [-0.3, -0.25) is 9.78 Å². The minimum atomic E-state index is 0.170. The minimum absolute atomic E-state index is 0.170. The van der Waals surface area contributed by atoms with Crippen LogP contribution in [0.5, 0.6) is 0 Å². The number of carbonyl (C=O) groups is 1. The first-order chi connectivity index (χ1) is 11.2. The Kier molecular flexibility index (Phi) is 4.13. The van der Waals surface area contributed by atoms with Gasteiger partial charge in [-0.2, -0.15) is 0 Å². The van der Waals surface area contributed by atoms with Crippen molar-refractivity contribution in [1.29, 1.82) is 0 Å². The van der Waals surface area contributed by atoms with E-state index in [0.717, 1.165) is 35.8 Å². The second-order valence-corrected chi connectivity index (χ2v) is 8.53. The third kappa shape index (κ3) is 3.16. The van der Waals surface area contributed by atoms with E-state index >= 15 is 0 Å². The second kappa shape index (κ2) is 6.26. The summed E-state index contributed by atoms with van der Waals surface area (Å²) in [5.74, 6) is 1.18. The van der Waals surface area contributed by atoms with Crippen LogP contribution >= 0.6 is 23.1 Å². The number of carbonyl (C=O) groups excluding carboxylic acids is 1. The van der Waals surface area contributed by atoms with E-state index in [1.807, 2.05) is 52.4 Å². The summed E-state index contributed by atoms with van der Waals surface area (Å²) in [6.45, 7) is 2.26. The lowest BCUT2D eigenvalue weighted by molar-refractivity contribution is 0.0247. The van der Waals surface area contributed by atoms with Gasteiger partial charge in [-0.25, -0.2) is 0 Å². The molecule has 2 fully saturated rings. The number of hydrogen-bond acceptors (Lipinski definition) is 5. The highest BCUT2D eigenvalue weighted by atomic mass is 32.2. The Morgan fingerprint density at radius 3 is 3.00 bits per heavy atom. The van der Waals surface area contributed by atoms with Gasteiger partial charge in [0.2, 0.25) is 0 Å². The molecular weight excluding hydrogens is 328 g/mol. The number of nitrogens with zero attached hydrogens (tertiary/aromatic N) is 2. The van der Waals surface area contributed by atoms with Gasteiger partial charge < -0.3 is 9.64 Å². The fourth-order valence-corrected chi connectivity index (χ4v) is 5.41. The molecule has 0 aliphatic carbocycles. The molecule has 1 amide bonds. The van der Waals surface area contributed by atoms with Crippen molar-refractivity contribution in [2.45, 2.75) is 23.9 Å². The van der Waals surface area contributed by atoms with Crippen LogP contribution in [0.2, 0.25) is 0 Å². The number of aromatic nitrogens is 1. The molecule has 0 unspecified atom stereocenters. The van der Waals surface area contributed by atoms with Crippen molar-refractivity contribution in [2.75, 3.05) is 18.8 Å². The van der Waals surface area contributed by atoms with Crippen molar-refractivity contribution in [1.82, 2.24) is 9.88 Å². The van der Waals surface area contributed by atoms with E-state index in [-0.39, 0.29) is 16.8 Å². The number of likely N-dealkylation sites (tertiary alicyclic amines) is 1. The van der Waals surface area contributed by atoms with E-state index < -0.39 is 0 Å². The van der Waals surface area contributed by atoms with Gasteiger partial charge in [0, 0.05) is 25.0 Å². The molecule has 1 spiro atoms. The zero-order valence-electron chi connectivity index (χ0n) is 12.7. The van der Waals surface area contributed by atoms with E-state index in [4.69, 9.17) is 4.74 Å². The van der Waals surface area contributed by atoms with Crippen molar-refractivity contribution in [3.63, 3.8) is 0 Å². The molecule has 1 atom stereocenters. The Balaban J connectivity index is 1.27. The zero-order chi connectivity index (χ0) is 15.7. The largest absolute Gasteiger partial charge is 0.371 e. The molecule has 2 aliphatic heterocycles. The number of amides is 1. The summed E-state index contributed by atoms with van der Waals surface area (Å²) < 4.78 is 6.21. The summed E-state index contributed by atoms with van der Waals surface area (Å²) in [6, 6.07) is 9.72. The fourth-order valence-electron chi connectivity index (χ4n) is 3.17. The topological polar surface area (TPSA) is 42.4 Å². The fraction of sp³-hybridized carbons (Fsp3) is 0.412. The van der Waals surface area contributed by atoms with Crippen LogP contribution in [-0.2, 0) is 11.3 Å². The second-order valence-electron chi connectivity index (χ2n) is 6.09. The molecule has 6 heteroatoms. The average Bonchev–Trinajstić information content (AvgIpc) is 3.22. The van der Waals surface area contributed by atoms with Crippen molar-refractivity contribution in [2.24, 2.45) is 0 Å². The molecule has 0 N–H and O–H groups in total. The molecule has 2 saturated heterocycles. The van der Waals surface area contributed by atoms with E-state index in [1.54, 1.807) is 6.20 Å². The quantitative estimate of drug-likeness (QED) is 0.853. The molecule has 2 aromatic rings. The first kappa shape index (κ1) is 15.2. The Hall–Kier alpha value is -1.37. The number of rotatable bonds is 4. The van der Waals surface area contributed by atoms with Gasteiger partial charge >= 0.3 is 0 Å². The number of pyridine rings is 1. The van der Waals surface area contributed by atoms with Gasteiger partial charge in [0.05, 0.1) is 28.0 Å². The van der Waals surface area contributed by atoms with Gasteiger partial charge in [-0.05, 0) is 30.0 Å². The maximum absolute atomic E-state index is 12.3. The molecule has 4 heterocycles. The molecule has 2 aliphatic rings. The van der Waals surface area contributed by atoms with Crippen LogP contribution in [0.4, 0.5) is 0 Å². The van der Waals surface area contributed by atoms with Crippen molar-refractivity contribution >= 4 is 29.0 Å². The molecule has 2 aromatic heterocycles. The van der Waals surface area contributed by atoms with E-state index in [2.05, 4.69) is 4.98 Å². The van der Waals surface area contributed by atoms with Gasteiger partial charge in [-0.1, -0.05) is 12.1 Å². The summed E-state index contributed by atoms with van der Waals surface area (Å²) >= 11 is 3.47. The summed E-state index contributed by atoms with van der Waals surface area (Å²) in [6.07, 6.45) is 3.09. The Morgan fingerprint density at radius 2 is 2.26 bits per heavy atom. The van der Waals surface area contributed by atoms with Crippen molar-refractivity contribution in [3.8, 4) is 0 Å². The van der Waals surface area contributed by atoms with Gasteiger partial charge in [0.1, 0.15) is 0 Å². The van der Waals surface area contributed by atoms with Crippen LogP contribution in [0.15, 0.2) is 41.9 Å². The normalized spacial score (nSPS) is 22.3. The highest BCUT2D eigenvalue weighted by Crippen LogP contribution is 2.46. The standard InChI is InChI=1S/C17H18N2O2S2/c20-16(15-5-3-7-22-15)19-11-17(12-19)8-14(10-23-17)21-9-13-4-1-2-6-18-13/h1-7,14H,8-12H2/t14-/m0/s1. The average molecular weight is 346 g/mol. The number of hydrogen-bond donors (Lipinski definition) is 0. The molecule has 0 aromatic carbocycles. The van der Waals surface area contributed by atoms with Gasteiger partial charge in [-0.15, -0.1) is 23.1 Å². The lowest BCUT2D eigenvalue weighted by atomic mass is 9.92. The van der Waals surface area contributed by atoms with E-state index in [9.17, 15) is 4.79 Å². The maximum Gasteiger partial charge on any atom is 0.264 e. The van der Waals surface area contributed by atoms with Crippen LogP contribution in [0.1, 0.15) is 21.8 Å². The Morgan fingerprint density at radius 1 is 1.35 bits per heavy atom. The number of thiophene rings is 1. The van der Waals surface area contributed by atoms with Crippen LogP contribution < -0.4 is 0 Å². The van der Waals surface area contributed by atoms with Crippen LogP contribution in [0.3, 0.4) is 0 Å². The van der Waals surface area contributed by atoms with E-state index in [0.29, 0.717) is 6.61 Å². The summed E-state index contributed by atoms with van der Waals surface area (Å²) in [5.41, 5.74) is 0.974. The molecule has 120 valence electrons. The highest BCUT2D eigenvalue weighted by Gasteiger charge is 2.51. The smallest absolute Gasteiger partial charge is 0.264 e. The third-order valence-electron chi connectivity index (χ3n) is 4.35. The summed E-state index contributed by atoms with van der Waals surface area (Å²) in [4.78, 5) is 19.4. The molecule has 4 rings (SSSR count). The van der Waals surface area contributed by atoms with Crippen molar-refractivity contribution in [3.05, 3.63) is 52.5 Å². The first-order valence-electron chi connectivity index (χ1n) is 7.72. The summed E-state index contributed by atoms with van der Waals surface area (Å²) in [7, 11) is 0. The number of thioether (sulfide) groups is 1. The SMILES string of the molecule is O=C(c1cccs1)N1CC2(C[C@H](OCc3ccccn3)CS2)C1. The van der Waals surface area contributed by atoms with Crippen LogP contribution in [-0.4, -0.2) is 45.5 Å². The molecule has 23 heavy (non-hydrogen) atoms. The lowest BCUT2D eigenvalue weighted by Crippen LogP contribution is -2.60. The molecule has 0 radical (unpaired) electrons. The molecule has 0 saturated carbocycles. The molecular formula is C17H18N2O2S2. The first-order valence-corrected chi connectivity index (χ1v) is 9.59. The zero-order valence-corrected chi connectivity index (χ0v) is 14.3. The number of ether oxygens (including phenoxy) is 1. The Bertz CT molecular complexity index is 669. The van der Waals surface area contributed by atoms with E-state index in [1.165, 1.54) is 11.3 Å². The van der Waals surface area contributed by atoms with Crippen LogP contribution in [0.25, 0.3) is 0 Å². The van der Waals surface area contributed by atoms with Gasteiger partial charge in [0.15, 0.2) is 0 Å². The lowest BCUT2D eigenvalue weighted by Gasteiger charge is -2.47. The predicted molar refractivity (Wildman–Crippen MR) is 92.8 cm³/mol. The predicted octanol–water partition coefficient (Wildman–Crippen LogP) is 3.06. The molecule has 4 nitrogen and oxygen atoms in total. The third-order valence-corrected chi connectivity index (χ3v) is 6.78. The maximum atomic E-state index is 12.3. The highest BCUT2D eigenvalue weighted by molar-refractivity contribution is 8.01. The monoisotopic (exact) mass is 346 g/mol. The van der Waals surface area contributed by atoms with Crippen molar-refractivity contribution < 1.29 is 9.53 Å². The Labute approximate surface area is 143 Å². The molecule has 0 bridgehead atoms. The van der Waals surface area contributed by atoms with Crippen LogP contribution in [0, 0.1) is 0 Å².